The van der Waals surface area contributed by atoms with Gasteiger partial charge in [-0.25, -0.2) is 4.79 Å². The number of hydrogen-bond acceptors (Lipinski definition) is 4. The molecule has 0 N–H and O–H groups in total. The summed E-state index contributed by atoms with van der Waals surface area (Å²) < 4.78 is 4.80. The first kappa shape index (κ1) is 10.8. The molecule has 1 aliphatic rings. The second-order valence-electron chi connectivity index (χ2n) is 4.03. The van der Waals surface area contributed by atoms with Crippen molar-refractivity contribution in [3.8, 4) is 0 Å². The minimum Gasteiger partial charge on any atom is -0.467 e. The number of rotatable bonds is 2. The fraction of sp³-hybridized carbons (Fsp3) is 0.417. The van der Waals surface area contributed by atoms with Crippen LogP contribution in [0, 0.1) is 0 Å². The Bertz CT molecular complexity index is 416. The summed E-state index contributed by atoms with van der Waals surface area (Å²) in [6.45, 7) is 2.31. The van der Waals surface area contributed by atoms with Crippen molar-refractivity contribution in [3.63, 3.8) is 0 Å². The first-order chi connectivity index (χ1) is 7.68. The Balaban J connectivity index is 2.34. The molecule has 0 radical (unpaired) electrons. The van der Waals surface area contributed by atoms with Crippen LogP contribution in [0.1, 0.15) is 18.4 Å². The highest BCUT2D eigenvalue weighted by Crippen LogP contribution is 2.37. The van der Waals surface area contributed by atoms with Gasteiger partial charge in [0.1, 0.15) is 0 Å². The van der Waals surface area contributed by atoms with Gasteiger partial charge in [0.25, 0.3) is 0 Å². The average Bonchev–Trinajstić information content (AvgIpc) is 2.72. The van der Waals surface area contributed by atoms with E-state index in [-0.39, 0.29) is 11.9 Å². The average molecular weight is 218 g/mol. The van der Waals surface area contributed by atoms with Crippen molar-refractivity contribution in [1.82, 2.24) is 0 Å². The van der Waals surface area contributed by atoms with Crippen LogP contribution in [-0.4, -0.2) is 25.2 Å². The minimum atomic E-state index is -0.879. The van der Waals surface area contributed by atoms with Crippen molar-refractivity contribution in [2.45, 2.75) is 18.4 Å². The van der Waals surface area contributed by atoms with Crippen LogP contribution >= 0.6 is 0 Å². The lowest BCUT2D eigenvalue weighted by Gasteiger charge is -2.24. The summed E-state index contributed by atoms with van der Waals surface area (Å²) >= 11 is 0. The van der Waals surface area contributed by atoms with E-state index >= 15 is 0 Å². The van der Waals surface area contributed by atoms with E-state index in [0.717, 1.165) is 5.56 Å². The molecule has 1 aromatic carbocycles. The molecule has 1 heterocycles. The van der Waals surface area contributed by atoms with Crippen LogP contribution in [0.2, 0.25) is 0 Å². The molecule has 1 aliphatic heterocycles. The van der Waals surface area contributed by atoms with Gasteiger partial charge in [-0.3, -0.25) is 0 Å². The monoisotopic (exact) mass is 218 g/mol. The fourth-order valence-corrected chi connectivity index (χ4v) is 2.02. The topological polar surface area (TPSA) is 51.0 Å². The van der Waals surface area contributed by atoms with Crippen molar-refractivity contribution in [1.29, 1.82) is 0 Å². The van der Waals surface area contributed by atoms with E-state index in [1.807, 2.05) is 30.3 Å². The lowest BCUT2D eigenvalue weighted by Crippen LogP contribution is -2.39. The summed E-state index contributed by atoms with van der Waals surface area (Å²) in [5.74, 6) is -0.358. The molecule has 0 saturated carbocycles. The molecular formula is C12H14N2O2. The SMILES string of the molecule is COC(=O)[C@@]1(C)N=NC[C@@H]1c1ccccc1. The van der Waals surface area contributed by atoms with Crippen LogP contribution in [0.25, 0.3) is 0 Å². The Labute approximate surface area is 94.3 Å². The minimum absolute atomic E-state index is 0.0267. The Morgan fingerprint density at radius 3 is 2.75 bits per heavy atom. The number of benzene rings is 1. The molecule has 4 nitrogen and oxygen atoms in total. The molecule has 1 aromatic rings. The van der Waals surface area contributed by atoms with Gasteiger partial charge in [-0.1, -0.05) is 30.3 Å². The highest BCUT2D eigenvalue weighted by Gasteiger charge is 2.46. The molecule has 84 valence electrons. The predicted octanol–water partition coefficient (Wildman–Crippen LogP) is 2.17. The Morgan fingerprint density at radius 2 is 2.12 bits per heavy atom. The van der Waals surface area contributed by atoms with Crippen molar-refractivity contribution in [3.05, 3.63) is 35.9 Å². The van der Waals surface area contributed by atoms with Crippen molar-refractivity contribution < 1.29 is 9.53 Å². The molecule has 0 unspecified atom stereocenters. The van der Waals surface area contributed by atoms with Crippen LogP contribution in [0.4, 0.5) is 0 Å². The van der Waals surface area contributed by atoms with Gasteiger partial charge >= 0.3 is 5.97 Å². The van der Waals surface area contributed by atoms with Crippen LogP contribution in [0.15, 0.2) is 40.6 Å². The molecule has 0 amide bonds. The number of azo groups is 1. The van der Waals surface area contributed by atoms with Crippen LogP contribution < -0.4 is 0 Å². The van der Waals surface area contributed by atoms with E-state index in [1.165, 1.54) is 7.11 Å². The van der Waals surface area contributed by atoms with Gasteiger partial charge in [-0.15, -0.1) is 0 Å². The maximum atomic E-state index is 11.7. The summed E-state index contributed by atoms with van der Waals surface area (Å²) in [4.78, 5) is 11.7. The van der Waals surface area contributed by atoms with Gasteiger partial charge in [0.2, 0.25) is 0 Å². The van der Waals surface area contributed by atoms with E-state index in [0.29, 0.717) is 6.54 Å². The molecule has 2 rings (SSSR count). The van der Waals surface area contributed by atoms with E-state index in [4.69, 9.17) is 4.74 Å². The summed E-state index contributed by atoms with van der Waals surface area (Å²) in [7, 11) is 1.38. The van der Waals surface area contributed by atoms with E-state index < -0.39 is 5.54 Å². The molecule has 0 spiro atoms. The highest BCUT2D eigenvalue weighted by atomic mass is 16.5. The van der Waals surface area contributed by atoms with Gasteiger partial charge < -0.3 is 4.74 Å². The maximum absolute atomic E-state index is 11.7. The zero-order valence-electron chi connectivity index (χ0n) is 9.38. The van der Waals surface area contributed by atoms with Crippen LogP contribution in [0.5, 0.6) is 0 Å². The highest BCUT2D eigenvalue weighted by molar-refractivity contribution is 5.82. The van der Waals surface area contributed by atoms with E-state index in [9.17, 15) is 4.79 Å². The molecule has 0 aromatic heterocycles. The van der Waals surface area contributed by atoms with Crippen LogP contribution in [0.3, 0.4) is 0 Å². The van der Waals surface area contributed by atoms with Crippen molar-refractivity contribution >= 4 is 5.97 Å². The second kappa shape index (κ2) is 4.04. The van der Waals surface area contributed by atoms with Gasteiger partial charge in [-0.05, 0) is 12.5 Å². The molecule has 0 saturated heterocycles. The number of methoxy groups -OCH3 is 1. The zero-order valence-corrected chi connectivity index (χ0v) is 9.38. The lowest BCUT2D eigenvalue weighted by atomic mass is 9.82. The first-order valence-corrected chi connectivity index (χ1v) is 5.20. The third kappa shape index (κ3) is 1.60. The Kier molecular flexibility index (Phi) is 2.73. The van der Waals surface area contributed by atoms with E-state index in [1.54, 1.807) is 6.92 Å². The number of hydrogen-bond donors (Lipinski definition) is 0. The van der Waals surface area contributed by atoms with Crippen LogP contribution in [-0.2, 0) is 9.53 Å². The number of ether oxygens (including phenoxy) is 1. The molecular weight excluding hydrogens is 204 g/mol. The number of carbonyl (C=O) groups is 1. The van der Waals surface area contributed by atoms with Gasteiger partial charge in [0, 0.05) is 5.92 Å². The predicted molar refractivity (Wildman–Crippen MR) is 59.3 cm³/mol. The Hall–Kier alpha value is -1.71. The van der Waals surface area contributed by atoms with Crippen molar-refractivity contribution in [2.75, 3.05) is 13.7 Å². The van der Waals surface area contributed by atoms with Crippen molar-refractivity contribution in [2.24, 2.45) is 10.2 Å². The normalized spacial score (nSPS) is 28.0. The third-order valence-corrected chi connectivity index (χ3v) is 3.02. The standard InChI is InChI=1S/C12H14N2O2/c1-12(11(15)16-2)10(8-13-14-12)9-6-4-3-5-7-9/h3-7,10H,8H2,1-2H3/t10-,12+/m1/s1. The lowest BCUT2D eigenvalue weighted by molar-refractivity contribution is -0.146. The zero-order chi connectivity index (χ0) is 11.6. The smallest absolute Gasteiger partial charge is 0.336 e. The molecule has 0 fully saturated rings. The fourth-order valence-electron chi connectivity index (χ4n) is 2.02. The molecule has 0 aliphatic carbocycles. The second-order valence-corrected chi connectivity index (χ2v) is 4.03. The van der Waals surface area contributed by atoms with Gasteiger partial charge in [-0.2, -0.15) is 10.2 Å². The first-order valence-electron chi connectivity index (χ1n) is 5.20. The molecule has 16 heavy (non-hydrogen) atoms. The quantitative estimate of drug-likeness (QED) is 0.714. The summed E-state index contributed by atoms with van der Waals surface area (Å²) in [6.07, 6.45) is 0. The molecule has 0 bridgehead atoms. The summed E-state index contributed by atoms with van der Waals surface area (Å²) in [5.41, 5.74) is 0.191. The number of nitrogens with zero attached hydrogens (tertiary/aromatic N) is 2. The third-order valence-electron chi connectivity index (χ3n) is 3.02. The number of esters is 1. The molecule has 4 heteroatoms. The van der Waals surface area contributed by atoms with Gasteiger partial charge in [0.05, 0.1) is 13.7 Å². The number of carbonyl (C=O) groups excluding carboxylic acids is 1. The molecule has 2 atom stereocenters. The van der Waals surface area contributed by atoms with E-state index in [2.05, 4.69) is 10.2 Å². The summed E-state index contributed by atoms with van der Waals surface area (Å²) in [6, 6.07) is 9.82. The van der Waals surface area contributed by atoms with Gasteiger partial charge in [0.15, 0.2) is 5.54 Å². The maximum Gasteiger partial charge on any atom is 0.336 e. The Morgan fingerprint density at radius 1 is 1.44 bits per heavy atom. The summed E-state index contributed by atoms with van der Waals surface area (Å²) in [5, 5.41) is 8.03. The largest absolute Gasteiger partial charge is 0.467 e.